The summed E-state index contributed by atoms with van der Waals surface area (Å²) in [7, 11) is 3.01. The van der Waals surface area contributed by atoms with Crippen molar-refractivity contribution in [2.45, 2.75) is 31.4 Å². The highest BCUT2D eigenvalue weighted by Gasteiger charge is 2.32. The molecule has 0 amide bonds. The number of H-pyrrole nitrogens is 1. The third-order valence-corrected chi connectivity index (χ3v) is 6.37. The second-order valence-electron chi connectivity index (χ2n) is 8.39. The van der Waals surface area contributed by atoms with Gasteiger partial charge in [0.2, 0.25) is 0 Å². The van der Waals surface area contributed by atoms with Crippen molar-refractivity contribution < 1.29 is 27.4 Å². The third-order valence-electron chi connectivity index (χ3n) is 6.37. The number of piperidine rings is 1. The number of likely N-dealkylation sites (tertiary alicyclic amines) is 1. The molecule has 0 aliphatic carbocycles. The van der Waals surface area contributed by atoms with Crippen LogP contribution >= 0.6 is 0 Å². The van der Waals surface area contributed by atoms with E-state index in [0.29, 0.717) is 40.2 Å². The van der Waals surface area contributed by atoms with Gasteiger partial charge in [-0.05, 0) is 73.3 Å². The maximum Gasteiger partial charge on any atom is 0.393 e. The summed E-state index contributed by atoms with van der Waals surface area (Å²) in [5, 5.41) is 0.588. The Labute approximate surface area is 190 Å². The van der Waals surface area contributed by atoms with Gasteiger partial charge in [-0.15, -0.1) is 0 Å². The molecule has 0 spiro atoms. The average molecular weight is 460 g/mol. The van der Waals surface area contributed by atoms with E-state index in [1.807, 2.05) is 18.2 Å². The number of alkyl halides is 3. The van der Waals surface area contributed by atoms with Crippen LogP contribution in [0.2, 0.25) is 0 Å². The van der Waals surface area contributed by atoms with E-state index >= 15 is 0 Å². The van der Waals surface area contributed by atoms with Crippen LogP contribution in [0.5, 0.6) is 11.5 Å². The molecule has 1 saturated heterocycles. The molecule has 33 heavy (non-hydrogen) atoms. The van der Waals surface area contributed by atoms with E-state index in [-0.39, 0.29) is 11.5 Å². The molecule has 0 unspecified atom stereocenters. The number of benzene rings is 2. The van der Waals surface area contributed by atoms with Crippen LogP contribution in [0.25, 0.3) is 22.2 Å². The van der Waals surface area contributed by atoms with Crippen molar-refractivity contribution in [3.05, 3.63) is 47.5 Å². The van der Waals surface area contributed by atoms with E-state index in [4.69, 9.17) is 9.47 Å². The van der Waals surface area contributed by atoms with Crippen LogP contribution in [0.3, 0.4) is 0 Å². The maximum absolute atomic E-state index is 13.6. The normalized spacial score (nSPS) is 15.7. The van der Waals surface area contributed by atoms with Gasteiger partial charge < -0.3 is 19.3 Å². The molecule has 1 aliphatic rings. The Morgan fingerprint density at radius 2 is 1.79 bits per heavy atom. The number of carbonyl (C=O) groups excluding carboxylic acids is 1. The summed E-state index contributed by atoms with van der Waals surface area (Å²) in [5.41, 5.74) is 2.97. The molecule has 0 radical (unpaired) electrons. The highest BCUT2D eigenvalue weighted by atomic mass is 19.4. The van der Waals surface area contributed by atoms with Crippen LogP contribution in [-0.4, -0.2) is 56.2 Å². The highest BCUT2D eigenvalue weighted by Crippen LogP contribution is 2.40. The number of methoxy groups -OCH3 is 2. The van der Waals surface area contributed by atoms with Gasteiger partial charge in [0, 0.05) is 16.5 Å². The number of rotatable bonds is 7. The average Bonchev–Trinajstić information content (AvgIpc) is 3.15. The molecule has 3 aromatic rings. The van der Waals surface area contributed by atoms with Gasteiger partial charge in [0.1, 0.15) is 6.29 Å². The number of hydrogen-bond acceptors (Lipinski definition) is 4. The Balaban J connectivity index is 1.75. The van der Waals surface area contributed by atoms with E-state index in [9.17, 15) is 18.0 Å². The molecule has 1 N–H and O–H groups in total. The number of nitrogens with one attached hydrogen (secondary N) is 1. The minimum atomic E-state index is -4.35. The Hall–Kier alpha value is -3.00. The molecule has 1 aromatic heterocycles. The largest absolute Gasteiger partial charge is 0.493 e. The number of nitrogens with zero attached hydrogens (tertiary/aromatic N) is 1. The molecular weight excluding hydrogens is 433 g/mol. The van der Waals surface area contributed by atoms with Crippen LogP contribution in [0.15, 0.2) is 36.4 Å². The maximum atomic E-state index is 13.6. The lowest BCUT2D eigenvalue weighted by Gasteiger charge is -2.30. The Morgan fingerprint density at radius 1 is 1.06 bits per heavy atom. The number of hydrogen-bond donors (Lipinski definition) is 1. The quantitative estimate of drug-likeness (QED) is 0.484. The monoisotopic (exact) mass is 460 g/mol. The van der Waals surface area contributed by atoms with E-state index in [2.05, 4.69) is 9.88 Å². The molecule has 176 valence electrons. The van der Waals surface area contributed by atoms with Gasteiger partial charge in [-0.3, -0.25) is 4.90 Å². The third kappa shape index (κ3) is 5.00. The van der Waals surface area contributed by atoms with Crippen LogP contribution in [0, 0.1) is 0 Å². The van der Waals surface area contributed by atoms with Crippen molar-refractivity contribution in [3.63, 3.8) is 0 Å². The zero-order chi connectivity index (χ0) is 23.6. The Kier molecular flexibility index (Phi) is 6.65. The lowest BCUT2D eigenvalue weighted by Crippen LogP contribution is -2.34. The zero-order valence-electron chi connectivity index (χ0n) is 18.7. The Morgan fingerprint density at radius 3 is 2.42 bits per heavy atom. The summed E-state index contributed by atoms with van der Waals surface area (Å²) in [6.07, 6.45) is -2.72. The minimum absolute atomic E-state index is 0.227. The van der Waals surface area contributed by atoms with Crippen molar-refractivity contribution >= 4 is 17.2 Å². The van der Waals surface area contributed by atoms with E-state index in [1.165, 1.54) is 14.2 Å². The molecule has 1 aliphatic heterocycles. The fraction of sp³-hybridized carbons (Fsp3) is 0.400. The van der Waals surface area contributed by atoms with Crippen LogP contribution < -0.4 is 9.47 Å². The first kappa shape index (κ1) is 23.2. The predicted molar refractivity (Wildman–Crippen MR) is 121 cm³/mol. The SMILES string of the molecule is COc1ccc(-c2[nH]c3ccc(C4CCN(CC=O)CC4)cc3c2CC(F)(F)F)cc1OC. The first-order valence-electron chi connectivity index (χ1n) is 10.9. The van der Waals surface area contributed by atoms with Gasteiger partial charge in [0.25, 0.3) is 0 Å². The number of halogens is 3. The summed E-state index contributed by atoms with van der Waals surface area (Å²) >= 11 is 0. The molecule has 8 heteroatoms. The molecule has 2 heterocycles. The highest BCUT2D eigenvalue weighted by molar-refractivity contribution is 5.91. The number of ether oxygens (including phenoxy) is 2. The van der Waals surface area contributed by atoms with Gasteiger partial charge in [-0.2, -0.15) is 13.2 Å². The molecule has 2 aromatic carbocycles. The zero-order valence-corrected chi connectivity index (χ0v) is 18.7. The molecular formula is C25H27F3N2O3. The van der Waals surface area contributed by atoms with Gasteiger partial charge >= 0.3 is 6.18 Å². The van der Waals surface area contributed by atoms with Crippen molar-refractivity contribution in [2.24, 2.45) is 0 Å². The summed E-state index contributed by atoms with van der Waals surface area (Å²) in [6, 6.07) is 10.9. The summed E-state index contributed by atoms with van der Waals surface area (Å²) in [5.74, 6) is 1.22. The van der Waals surface area contributed by atoms with Gasteiger partial charge in [-0.25, -0.2) is 0 Å². The molecule has 0 atom stereocenters. The smallest absolute Gasteiger partial charge is 0.393 e. The fourth-order valence-corrected chi connectivity index (χ4v) is 4.70. The number of aromatic nitrogens is 1. The molecule has 5 nitrogen and oxygen atoms in total. The van der Waals surface area contributed by atoms with Gasteiger partial charge in [-0.1, -0.05) is 6.07 Å². The first-order chi connectivity index (χ1) is 15.8. The van der Waals surface area contributed by atoms with Crippen LogP contribution in [0.1, 0.15) is 29.9 Å². The standard InChI is InChI=1S/C25H27F3N2O3/c1-32-22-6-4-18(14-23(22)33-2)24-20(15-25(26,27)28)19-13-17(3-5-21(19)29-24)16-7-9-30(10-8-16)11-12-31/h3-6,12-14,16,29H,7-11,15H2,1-2H3. The van der Waals surface area contributed by atoms with Crippen LogP contribution in [-0.2, 0) is 11.2 Å². The second kappa shape index (κ2) is 9.47. The van der Waals surface area contributed by atoms with E-state index < -0.39 is 12.6 Å². The first-order valence-corrected chi connectivity index (χ1v) is 10.9. The lowest BCUT2D eigenvalue weighted by molar-refractivity contribution is -0.126. The van der Waals surface area contributed by atoms with Crippen molar-refractivity contribution in [1.29, 1.82) is 0 Å². The lowest BCUT2D eigenvalue weighted by atomic mass is 9.88. The van der Waals surface area contributed by atoms with Gasteiger partial charge in [0.15, 0.2) is 11.5 Å². The number of aromatic amines is 1. The number of aldehydes is 1. The second-order valence-corrected chi connectivity index (χ2v) is 8.39. The molecule has 4 rings (SSSR count). The summed E-state index contributed by atoms with van der Waals surface area (Å²) < 4.78 is 51.4. The minimum Gasteiger partial charge on any atom is -0.493 e. The molecule has 1 fully saturated rings. The van der Waals surface area contributed by atoms with E-state index in [1.54, 1.807) is 18.2 Å². The van der Waals surface area contributed by atoms with Crippen molar-refractivity contribution in [2.75, 3.05) is 33.9 Å². The topological polar surface area (TPSA) is 54.6 Å². The van der Waals surface area contributed by atoms with Crippen molar-refractivity contribution in [1.82, 2.24) is 9.88 Å². The summed E-state index contributed by atoms with van der Waals surface area (Å²) in [6.45, 7) is 2.04. The van der Waals surface area contributed by atoms with Crippen LogP contribution in [0.4, 0.5) is 13.2 Å². The summed E-state index contributed by atoms with van der Waals surface area (Å²) in [4.78, 5) is 16.1. The number of fused-ring (bicyclic) bond motifs is 1. The molecule has 0 saturated carbocycles. The molecule has 0 bridgehead atoms. The Bertz CT molecular complexity index is 1130. The van der Waals surface area contributed by atoms with Crippen molar-refractivity contribution in [3.8, 4) is 22.8 Å². The number of carbonyl (C=O) groups is 1. The fourth-order valence-electron chi connectivity index (χ4n) is 4.70. The van der Waals surface area contributed by atoms with Gasteiger partial charge in [0.05, 0.1) is 32.9 Å². The van der Waals surface area contributed by atoms with E-state index in [0.717, 1.165) is 37.8 Å². The predicted octanol–water partition coefficient (Wildman–Crippen LogP) is 5.34.